The number of oxazole rings is 2. The molecule has 0 saturated carbocycles. The maximum absolute atomic E-state index is 9.68. The molecule has 556 valence electrons. The third kappa shape index (κ3) is 24.1. The third-order valence-electron chi connectivity index (χ3n) is 14.6. The highest BCUT2D eigenvalue weighted by atomic mass is 127. The summed E-state index contributed by atoms with van der Waals surface area (Å²) in [6, 6.07) is 39.9. The van der Waals surface area contributed by atoms with Crippen LogP contribution < -0.4 is 28.1 Å². The van der Waals surface area contributed by atoms with Crippen molar-refractivity contribution in [3.05, 3.63) is 224 Å². The van der Waals surface area contributed by atoms with E-state index >= 15 is 0 Å². The number of Topliss-reactive ketones (excluding diaryl/α,β-unsaturated/α-hetero) is 1. The number of halogens is 6. The molecule has 10 N–H and O–H groups in total. The topological polar surface area (TPSA) is 413 Å². The maximum atomic E-state index is 9.68. The zero-order chi connectivity index (χ0) is 77.9. The quantitative estimate of drug-likeness (QED) is 0.0462. The number of alkyl halides is 1. The molecule has 37 heteroatoms. The number of nitrogens with zero attached hydrogens (tertiary/aromatic N) is 19. The van der Waals surface area contributed by atoms with E-state index in [-0.39, 0.29) is 31.1 Å². The highest BCUT2D eigenvalue weighted by molar-refractivity contribution is 14.1. The third-order valence-corrected chi connectivity index (χ3v) is 17.0. The van der Waals surface area contributed by atoms with Gasteiger partial charge in [-0.1, -0.05) is 65.4 Å². The molecule has 108 heavy (non-hydrogen) atoms. The number of hydrogen-bond acceptors (Lipinski definition) is 25. The van der Waals surface area contributed by atoms with Crippen molar-refractivity contribution in [2.24, 2.45) is 0 Å². The maximum Gasteiger partial charge on any atom is 0.488 e. The molecule has 14 heterocycles. The van der Waals surface area contributed by atoms with Gasteiger partial charge >= 0.3 is 7.12 Å². The Balaban J connectivity index is 0.000000176. The number of anilines is 3. The summed E-state index contributed by atoms with van der Waals surface area (Å²) >= 11 is 29.9. The summed E-state index contributed by atoms with van der Waals surface area (Å²) in [5, 5.41) is 61.2. The SMILES string of the molecule is C.CC(=O)CCl.CC(C)(O)C(C)(C)O.Cc1cn2nc(Cl)ccc2n1.Cc1nc2ccc(-c3ccc4oc(N)nc4c3)nn2c1-c1ccncc1.Cc1nc2ccc(Cl)nn2c1-c1ccncc1.Cc1nc2ccc(Cl)nn2c1I.Nc1ccc(Cl)nn1.OB(O)c1ccncc1.[B]c1ccc2oc(N)nc2c1. The summed E-state index contributed by atoms with van der Waals surface area (Å²) in [6.45, 7) is 15.6. The molecular formula is C71H72B2Cl5IN22O7. The number of aryl methyl sites for hydroxylation is 4. The molecule has 0 spiro atoms. The molecule has 0 aliphatic heterocycles. The lowest BCUT2D eigenvalue weighted by Gasteiger charge is -2.31. The first kappa shape index (κ1) is 84.9. The summed E-state index contributed by atoms with van der Waals surface area (Å²) in [5.74, 6) is 0.543. The van der Waals surface area contributed by atoms with Crippen molar-refractivity contribution in [1.82, 2.24) is 93.5 Å². The van der Waals surface area contributed by atoms with E-state index < -0.39 is 18.3 Å². The Kier molecular flexibility index (Phi) is 30.6. The van der Waals surface area contributed by atoms with Crippen LogP contribution in [0.15, 0.2) is 186 Å². The number of aromatic nitrogens is 19. The van der Waals surface area contributed by atoms with Gasteiger partial charge < -0.3 is 46.3 Å². The molecule has 0 aliphatic rings. The highest BCUT2D eigenvalue weighted by Crippen LogP contribution is 2.29. The number of imidazole rings is 4. The Morgan fingerprint density at radius 3 is 1.44 bits per heavy atom. The highest BCUT2D eigenvalue weighted by Gasteiger charge is 2.32. The van der Waals surface area contributed by atoms with Gasteiger partial charge in [0.2, 0.25) is 0 Å². The standard InChI is InChI=1S/C19H14N6O.C12H9ClN4.C7H5BN2O.C7H5ClIN3.C7H6ClN3.C6H14O2.C5H6BNO2.C4H4ClN3.C3H5ClO.CH4/c1-11-18(12-6-8-21-9-7-12)25-17(22-11)5-3-14(24-25)13-2-4-16-15(10-13)23-19(20)26-16;1-8-12(9-4-6-14-7-5-9)17-11(15-8)3-2-10(13)16-17;8-4-1-2-6-5(3-4)10-7(9)11-6;1-4-7(9)12-6(10-4)3-2-5(8)11-12;1-5-4-11-7(9-5)3-2-6(8)10-11;1-5(2,7)6(3,4)8;8-6(9)5-1-3-7-4-2-5;5-3-1-2-4(6)8-7-3;1-3(5)2-4;/h2-10H,1H3,(H2,20,23);2-7H,1H3;1-3H,(H2,9,10);2-3H,1H3;2-4H,1H3;7-8H,1-4H3;1-4,8-9H;1-2H,(H2,6,8);2H2,1H3;1H4. The van der Waals surface area contributed by atoms with Gasteiger partial charge in [0.15, 0.2) is 38.9 Å². The first-order valence-electron chi connectivity index (χ1n) is 31.7. The Labute approximate surface area is 659 Å². The fourth-order valence-corrected chi connectivity index (χ4v) is 9.80. The molecule has 0 atom stereocenters. The van der Waals surface area contributed by atoms with Crippen molar-refractivity contribution < 1.29 is 33.9 Å². The number of aliphatic hydroxyl groups is 2. The molecule has 29 nitrogen and oxygen atoms in total. The fraction of sp³-hybridized carbons (Fsp3) is 0.183. The number of rotatable bonds is 6. The van der Waals surface area contributed by atoms with Gasteiger partial charge in [0, 0.05) is 53.9 Å². The van der Waals surface area contributed by atoms with E-state index in [1.165, 1.54) is 19.3 Å². The lowest BCUT2D eigenvalue weighted by Crippen LogP contribution is -2.44. The number of ketones is 1. The molecule has 0 amide bonds. The summed E-state index contributed by atoms with van der Waals surface area (Å²) in [4.78, 5) is 47.1. The zero-order valence-corrected chi connectivity index (χ0v) is 64.6. The summed E-state index contributed by atoms with van der Waals surface area (Å²) < 4.78 is 18.4. The van der Waals surface area contributed by atoms with Crippen molar-refractivity contribution in [2.45, 2.75) is 80.9 Å². The second-order valence-corrected chi connectivity index (χ2v) is 26.5. The van der Waals surface area contributed by atoms with Gasteiger partial charge in [0.1, 0.15) is 49.6 Å². The van der Waals surface area contributed by atoms with E-state index in [1.807, 2.05) is 111 Å². The minimum absolute atomic E-state index is 0. The Morgan fingerprint density at radius 1 is 0.528 bits per heavy atom. The van der Waals surface area contributed by atoms with Crippen LogP contribution in [0.1, 0.15) is 64.8 Å². The van der Waals surface area contributed by atoms with Crippen molar-refractivity contribution >= 4 is 175 Å². The van der Waals surface area contributed by atoms with E-state index in [1.54, 1.807) is 127 Å². The van der Waals surface area contributed by atoms with Gasteiger partial charge in [0.25, 0.3) is 12.0 Å². The second kappa shape index (κ2) is 38.9. The van der Waals surface area contributed by atoms with Crippen molar-refractivity contribution in [3.8, 4) is 33.8 Å². The van der Waals surface area contributed by atoms with Gasteiger partial charge in [-0.15, -0.1) is 21.8 Å². The zero-order valence-electron chi connectivity index (χ0n) is 58.6. The smallest absolute Gasteiger partial charge is 0.424 e. The van der Waals surface area contributed by atoms with Crippen LogP contribution >= 0.6 is 80.6 Å². The molecule has 2 radical (unpaired) electrons. The molecule has 0 fully saturated rings. The Bertz CT molecular complexity index is 5480. The summed E-state index contributed by atoms with van der Waals surface area (Å²) in [7, 11) is 4.13. The van der Waals surface area contributed by atoms with E-state index in [0.29, 0.717) is 59.6 Å². The molecule has 14 aromatic heterocycles. The van der Waals surface area contributed by atoms with Gasteiger partial charge in [-0.05, 0) is 218 Å². The van der Waals surface area contributed by atoms with Crippen LogP contribution in [-0.4, -0.2) is 152 Å². The first-order chi connectivity index (χ1) is 50.7. The minimum Gasteiger partial charge on any atom is -0.424 e. The van der Waals surface area contributed by atoms with Crippen LogP contribution in [0, 0.1) is 31.4 Å². The number of pyridine rings is 3. The number of fused-ring (bicyclic) bond motifs is 6. The largest absolute Gasteiger partial charge is 0.488 e. The normalized spacial score (nSPS) is 10.7. The van der Waals surface area contributed by atoms with Crippen molar-refractivity contribution in [1.29, 1.82) is 0 Å². The number of carbonyl (C=O) groups excluding carboxylic acids is 1. The van der Waals surface area contributed by atoms with Gasteiger partial charge in [0.05, 0.1) is 63.1 Å². The Morgan fingerprint density at radius 2 is 0.963 bits per heavy atom. The molecule has 0 bridgehead atoms. The summed E-state index contributed by atoms with van der Waals surface area (Å²) in [6.07, 6.45) is 11.9. The van der Waals surface area contributed by atoms with Gasteiger partial charge in [-0.2, -0.15) is 30.4 Å². The second-order valence-electron chi connectivity index (χ2n) is 23.6. The number of hydrogen-bond donors (Lipinski definition) is 7. The van der Waals surface area contributed by atoms with E-state index in [9.17, 15) is 4.79 Å². The fourth-order valence-electron chi connectivity index (χ4n) is 8.80. The minimum atomic E-state index is -1.38. The van der Waals surface area contributed by atoms with Crippen LogP contribution in [0.5, 0.6) is 0 Å². The lowest BCUT2D eigenvalue weighted by atomic mass is 9.81. The van der Waals surface area contributed by atoms with Gasteiger partial charge in [-0.25, -0.2) is 38.0 Å². The van der Waals surface area contributed by atoms with Crippen molar-refractivity contribution in [2.75, 3.05) is 23.1 Å². The van der Waals surface area contributed by atoms with Gasteiger partial charge in [-0.3, -0.25) is 19.7 Å². The molecule has 0 aliphatic carbocycles. The number of carbonyl (C=O) groups is 1. The predicted octanol–water partition coefficient (Wildman–Crippen LogP) is 11.9. The van der Waals surface area contributed by atoms with Crippen LogP contribution in [0.3, 0.4) is 0 Å². The van der Waals surface area contributed by atoms with Crippen LogP contribution in [0.4, 0.5) is 17.8 Å². The average molecular weight is 1670 g/mol. The van der Waals surface area contributed by atoms with Crippen LogP contribution in [-0.2, 0) is 4.79 Å². The molecule has 2 aromatic carbocycles. The number of nitrogens with two attached hydrogens (primary N) is 3. The monoisotopic (exact) mass is 1670 g/mol. The van der Waals surface area contributed by atoms with E-state index in [4.69, 9.17) is 117 Å². The number of nitrogen functional groups attached to an aromatic ring is 3. The molecular weight excluding hydrogens is 1600 g/mol. The molecule has 16 aromatic rings. The molecule has 16 rings (SSSR count). The molecule has 0 saturated heterocycles. The predicted molar refractivity (Wildman–Crippen MR) is 433 cm³/mol. The van der Waals surface area contributed by atoms with E-state index in [0.717, 1.165) is 82.8 Å². The summed E-state index contributed by atoms with van der Waals surface area (Å²) in [5.41, 5.74) is 30.7. The van der Waals surface area contributed by atoms with E-state index in [2.05, 4.69) is 92.9 Å². The van der Waals surface area contributed by atoms with Crippen molar-refractivity contribution in [3.63, 3.8) is 0 Å². The average Bonchev–Trinajstić information content (AvgIpc) is 1.61. The van der Waals surface area contributed by atoms with Crippen LogP contribution in [0.2, 0.25) is 20.6 Å². The van der Waals surface area contributed by atoms with Crippen LogP contribution in [0.25, 0.3) is 78.6 Å². The lowest BCUT2D eigenvalue weighted by molar-refractivity contribution is -0.114. The Hall–Kier alpha value is -10.4. The first-order valence-corrected chi connectivity index (χ1v) is 34.8. The molecule has 0 unspecified atom stereocenters. The number of benzene rings is 2.